The van der Waals surface area contributed by atoms with E-state index in [-0.39, 0.29) is 11.9 Å². The summed E-state index contributed by atoms with van der Waals surface area (Å²) in [6, 6.07) is 8.03. The number of hydrogen-bond donors (Lipinski definition) is 3. The number of rotatable bonds is 8. The third-order valence-corrected chi connectivity index (χ3v) is 3.72. The Labute approximate surface area is 143 Å². The first-order valence-corrected chi connectivity index (χ1v) is 8.41. The van der Waals surface area contributed by atoms with Gasteiger partial charge in [-0.05, 0) is 37.5 Å². The van der Waals surface area contributed by atoms with Crippen LogP contribution in [0, 0.1) is 0 Å². The lowest BCUT2D eigenvalue weighted by Gasteiger charge is -2.13. The van der Waals surface area contributed by atoms with Crippen LogP contribution in [-0.2, 0) is 11.2 Å². The van der Waals surface area contributed by atoms with Gasteiger partial charge >= 0.3 is 0 Å². The van der Waals surface area contributed by atoms with Crippen molar-refractivity contribution in [3.63, 3.8) is 0 Å². The first kappa shape index (κ1) is 19.3. The maximum Gasteiger partial charge on any atom is 0.221 e. The molecule has 1 unspecified atom stereocenters. The van der Waals surface area contributed by atoms with Crippen molar-refractivity contribution in [3.8, 4) is 0 Å². The van der Waals surface area contributed by atoms with Crippen LogP contribution in [0.1, 0.15) is 32.3 Å². The van der Waals surface area contributed by atoms with Crippen LogP contribution in [0.4, 0.5) is 0 Å². The average Bonchev–Trinajstić information content (AvgIpc) is 2.53. The van der Waals surface area contributed by atoms with Gasteiger partial charge < -0.3 is 16.0 Å². The van der Waals surface area contributed by atoms with E-state index in [2.05, 4.69) is 27.9 Å². The van der Waals surface area contributed by atoms with Gasteiger partial charge in [0.25, 0.3) is 0 Å². The third kappa shape index (κ3) is 8.45. The number of aliphatic imine (C=N–C) groups is 1. The van der Waals surface area contributed by atoms with Crippen LogP contribution in [-0.4, -0.2) is 38.0 Å². The summed E-state index contributed by atoms with van der Waals surface area (Å²) in [5.74, 6) is 0.754. The van der Waals surface area contributed by atoms with Gasteiger partial charge in [0.05, 0.1) is 0 Å². The van der Waals surface area contributed by atoms with Gasteiger partial charge in [-0.2, -0.15) is 0 Å². The largest absolute Gasteiger partial charge is 0.356 e. The minimum atomic E-state index is 0.0567. The molecule has 0 aliphatic carbocycles. The Balaban J connectivity index is 2.23. The monoisotopic (exact) mass is 338 g/mol. The Kier molecular flexibility index (Phi) is 9.14. The van der Waals surface area contributed by atoms with E-state index in [0.29, 0.717) is 18.9 Å². The van der Waals surface area contributed by atoms with Crippen LogP contribution >= 0.6 is 11.6 Å². The van der Waals surface area contributed by atoms with E-state index in [1.165, 1.54) is 5.56 Å². The van der Waals surface area contributed by atoms with Gasteiger partial charge in [-0.1, -0.05) is 30.7 Å². The molecule has 0 saturated heterocycles. The van der Waals surface area contributed by atoms with Gasteiger partial charge in [0.15, 0.2) is 5.96 Å². The van der Waals surface area contributed by atoms with Crippen molar-refractivity contribution in [1.29, 1.82) is 0 Å². The minimum Gasteiger partial charge on any atom is -0.356 e. The molecule has 0 heterocycles. The van der Waals surface area contributed by atoms with Crippen LogP contribution in [0.5, 0.6) is 0 Å². The van der Waals surface area contributed by atoms with Gasteiger partial charge in [0, 0.05) is 37.6 Å². The van der Waals surface area contributed by atoms with Gasteiger partial charge in [-0.3, -0.25) is 9.79 Å². The summed E-state index contributed by atoms with van der Waals surface area (Å²) in [5, 5.41) is 10.1. The van der Waals surface area contributed by atoms with Crippen molar-refractivity contribution in [2.45, 2.75) is 39.2 Å². The third-order valence-electron chi connectivity index (χ3n) is 3.48. The topological polar surface area (TPSA) is 65.5 Å². The summed E-state index contributed by atoms with van der Waals surface area (Å²) >= 11 is 5.96. The molecule has 0 bridgehead atoms. The Morgan fingerprint density at radius 3 is 2.70 bits per heavy atom. The standard InChI is InChI=1S/C17H27ClN4O/c1-4-13(2)22-16(23)9-11-21-17(19-3)20-10-8-14-6-5-7-15(18)12-14/h5-7,12-13H,4,8-11H2,1-3H3,(H,22,23)(H2,19,20,21). The molecule has 0 fully saturated rings. The second-order valence-electron chi connectivity index (χ2n) is 5.43. The lowest BCUT2D eigenvalue weighted by molar-refractivity contribution is -0.121. The van der Waals surface area contributed by atoms with E-state index < -0.39 is 0 Å². The van der Waals surface area contributed by atoms with Crippen molar-refractivity contribution in [1.82, 2.24) is 16.0 Å². The average molecular weight is 339 g/mol. The zero-order chi connectivity index (χ0) is 17.1. The van der Waals surface area contributed by atoms with Crippen molar-refractivity contribution < 1.29 is 4.79 Å². The van der Waals surface area contributed by atoms with Crippen molar-refractivity contribution in [2.24, 2.45) is 4.99 Å². The summed E-state index contributed by atoms with van der Waals surface area (Å²) in [5.41, 5.74) is 1.17. The van der Waals surface area contributed by atoms with Gasteiger partial charge in [-0.25, -0.2) is 0 Å². The van der Waals surface area contributed by atoms with Gasteiger partial charge in [-0.15, -0.1) is 0 Å². The van der Waals surface area contributed by atoms with Crippen LogP contribution in [0.2, 0.25) is 5.02 Å². The number of nitrogens with one attached hydrogen (secondary N) is 3. The SMILES string of the molecule is CCC(C)NC(=O)CCNC(=NC)NCCc1cccc(Cl)c1. The molecule has 23 heavy (non-hydrogen) atoms. The van der Waals surface area contributed by atoms with E-state index in [4.69, 9.17) is 11.6 Å². The molecule has 1 aromatic carbocycles. The summed E-state index contributed by atoms with van der Waals surface area (Å²) in [7, 11) is 1.72. The number of hydrogen-bond acceptors (Lipinski definition) is 2. The molecule has 1 aromatic rings. The van der Waals surface area contributed by atoms with Crippen LogP contribution in [0.15, 0.2) is 29.3 Å². The lowest BCUT2D eigenvalue weighted by Crippen LogP contribution is -2.41. The molecule has 3 N–H and O–H groups in total. The molecule has 0 aliphatic rings. The predicted octanol–water partition coefficient (Wildman–Crippen LogP) is 2.35. The molecule has 0 saturated carbocycles. The quantitative estimate of drug-likeness (QED) is 0.503. The highest BCUT2D eigenvalue weighted by atomic mass is 35.5. The lowest BCUT2D eigenvalue weighted by atomic mass is 10.1. The molecule has 1 amide bonds. The summed E-state index contributed by atoms with van der Waals surface area (Å²) < 4.78 is 0. The summed E-state index contributed by atoms with van der Waals surface area (Å²) in [4.78, 5) is 15.8. The maximum atomic E-state index is 11.7. The fourth-order valence-electron chi connectivity index (χ4n) is 1.98. The van der Waals surface area contributed by atoms with E-state index in [0.717, 1.165) is 24.4 Å². The van der Waals surface area contributed by atoms with Crippen molar-refractivity contribution in [2.75, 3.05) is 20.1 Å². The highest BCUT2D eigenvalue weighted by molar-refractivity contribution is 6.30. The van der Waals surface area contributed by atoms with Gasteiger partial charge in [0.1, 0.15) is 0 Å². The fraction of sp³-hybridized carbons (Fsp3) is 0.529. The Bertz CT molecular complexity index is 519. The maximum absolute atomic E-state index is 11.7. The zero-order valence-electron chi connectivity index (χ0n) is 14.2. The first-order chi connectivity index (χ1) is 11.0. The highest BCUT2D eigenvalue weighted by Gasteiger charge is 2.05. The molecule has 1 atom stereocenters. The highest BCUT2D eigenvalue weighted by Crippen LogP contribution is 2.10. The number of carbonyl (C=O) groups excluding carboxylic acids is 1. The molecule has 1 rings (SSSR count). The van der Waals surface area contributed by atoms with Crippen molar-refractivity contribution >= 4 is 23.5 Å². The molecule has 6 heteroatoms. The molecule has 128 valence electrons. The van der Waals surface area contributed by atoms with E-state index >= 15 is 0 Å². The number of amides is 1. The summed E-state index contributed by atoms with van der Waals surface area (Å²) in [6.45, 7) is 5.36. The molecule has 0 aliphatic heterocycles. The van der Waals surface area contributed by atoms with E-state index in [1.54, 1.807) is 7.05 Å². The van der Waals surface area contributed by atoms with E-state index in [9.17, 15) is 4.79 Å². The Morgan fingerprint density at radius 1 is 1.30 bits per heavy atom. The number of nitrogens with zero attached hydrogens (tertiary/aromatic N) is 1. The zero-order valence-corrected chi connectivity index (χ0v) is 14.9. The molecule has 0 radical (unpaired) electrons. The molecule has 0 aromatic heterocycles. The molecular formula is C17H27ClN4O. The smallest absolute Gasteiger partial charge is 0.221 e. The second-order valence-corrected chi connectivity index (χ2v) is 5.87. The predicted molar refractivity (Wildman–Crippen MR) is 97.0 cm³/mol. The number of guanidine groups is 1. The molecular weight excluding hydrogens is 312 g/mol. The van der Waals surface area contributed by atoms with Crippen LogP contribution in [0.25, 0.3) is 0 Å². The number of halogens is 1. The van der Waals surface area contributed by atoms with Crippen LogP contribution in [0.3, 0.4) is 0 Å². The Morgan fingerprint density at radius 2 is 2.04 bits per heavy atom. The number of benzene rings is 1. The summed E-state index contributed by atoms with van der Waals surface area (Å²) in [6.07, 6.45) is 2.22. The first-order valence-electron chi connectivity index (χ1n) is 8.03. The molecule has 5 nitrogen and oxygen atoms in total. The minimum absolute atomic E-state index is 0.0567. The Hall–Kier alpha value is -1.75. The number of carbonyl (C=O) groups is 1. The van der Waals surface area contributed by atoms with Gasteiger partial charge in [0.2, 0.25) is 5.91 Å². The van der Waals surface area contributed by atoms with Crippen LogP contribution < -0.4 is 16.0 Å². The fourth-order valence-corrected chi connectivity index (χ4v) is 2.19. The van der Waals surface area contributed by atoms with E-state index in [1.807, 2.05) is 31.2 Å². The normalized spacial score (nSPS) is 12.6. The molecule has 0 spiro atoms. The second kappa shape index (κ2) is 10.9. The van der Waals surface area contributed by atoms with Crippen molar-refractivity contribution in [3.05, 3.63) is 34.9 Å².